The number of hydrogen-bond acceptors (Lipinski definition) is 2. The van der Waals surface area contributed by atoms with E-state index in [1.54, 1.807) is 6.08 Å². The first-order valence-corrected chi connectivity index (χ1v) is 7.67. The molecule has 1 aliphatic carbocycles. The average Bonchev–Trinajstić information content (AvgIpc) is 2.64. The maximum atomic E-state index is 13.9. The van der Waals surface area contributed by atoms with E-state index in [-0.39, 0.29) is 0 Å². The quantitative estimate of drug-likeness (QED) is 0.708. The van der Waals surface area contributed by atoms with Gasteiger partial charge in [0.2, 0.25) is 0 Å². The monoisotopic (exact) mass is 324 g/mol. The second-order valence-electron chi connectivity index (χ2n) is 5.67. The molecule has 0 radical (unpaired) electrons. The summed E-state index contributed by atoms with van der Waals surface area (Å²) < 4.78 is 27.7. The van der Waals surface area contributed by atoms with Crippen LogP contribution in [0.5, 0.6) is 0 Å². The third-order valence-electron chi connectivity index (χ3n) is 4.17. The third kappa shape index (κ3) is 2.65. The minimum absolute atomic E-state index is 0.378. The van der Waals surface area contributed by atoms with Gasteiger partial charge in [-0.15, -0.1) is 0 Å². The van der Waals surface area contributed by atoms with E-state index in [1.807, 2.05) is 42.5 Å². The van der Waals surface area contributed by atoms with E-state index >= 15 is 0 Å². The first-order chi connectivity index (χ1) is 11.7. The molecule has 0 spiro atoms. The molecule has 0 aromatic heterocycles. The standard InChI is InChI=1S/C20H14F2O2/c21-18-11-16(13-4-2-1-3-5-13)17(12-19(18)22)14-6-7-20-15(10-14)8-9-23-24-20/h1-8,11-12H,9-10H2. The first-order valence-electron chi connectivity index (χ1n) is 7.67. The van der Waals surface area contributed by atoms with Crippen LogP contribution in [0.3, 0.4) is 0 Å². The number of rotatable bonds is 2. The van der Waals surface area contributed by atoms with Gasteiger partial charge in [0.1, 0.15) is 6.61 Å². The van der Waals surface area contributed by atoms with Gasteiger partial charge >= 0.3 is 0 Å². The molecule has 4 rings (SSSR count). The van der Waals surface area contributed by atoms with Crippen molar-refractivity contribution in [2.24, 2.45) is 0 Å². The number of benzene rings is 2. The Labute approximate surface area is 138 Å². The molecule has 0 saturated carbocycles. The summed E-state index contributed by atoms with van der Waals surface area (Å²) in [5.74, 6) is -1.04. The fourth-order valence-corrected chi connectivity index (χ4v) is 2.97. The predicted octanol–water partition coefficient (Wildman–Crippen LogP) is 5.19. The van der Waals surface area contributed by atoms with Crippen molar-refractivity contribution >= 4 is 5.57 Å². The van der Waals surface area contributed by atoms with Crippen LogP contribution in [0.25, 0.3) is 16.7 Å². The molecule has 0 atom stereocenters. The lowest BCUT2D eigenvalue weighted by Crippen LogP contribution is -2.09. The molecule has 0 bridgehead atoms. The summed E-state index contributed by atoms with van der Waals surface area (Å²) in [7, 11) is 0. The molecule has 0 saturated heterocycles. The highest BCUT2D eigenvalue weighted by Gasteiger charge is 2.21. The summed E-state index contributed by atoms with van der Waals surface area (Å²) in [6.07, 6.45) is 6.17. The fourth-order valence-electron chi connectivity index (χ4n) is 2.97. The maximum Gasteiger partial charge on any atom is 0.168 e. The van der Waals surface area contributed by atoms with Gasteiger partial charge in [0.05, 0.1) is 0 Å². The maximum absolute atomic E-state index is 13.9. The highest BCUT2D eigenvalue weighted by Crippen LogP contribution is 2.38. The van der Waals surface area contributed by atoms with Crippen molar-refractivity contribution in [2.75, 3.05) is 6.61 Å². The highest BCUT2D eigenvalue weighted by atomic mass is 19.2. The summed E-state index contributed by atoms with van der Waals surface area (Å²) in [4.78, 5) is 10.1. The summed E-state index contributed by atoms with van der Waals surface area (Å²) in [6, 6.07) is 11.9. The van der Waals surface area contributed by atoms with Crippen LogP contribution in [0.2, 0.25) is 0 Å². The minimum Gasteiger partial charge on any atom is -0.337 e. The Morgan fingerprint density at radius 3 is 2.38 bits per heavy atom. The van der Waals surface area contributed by atoms with Crippen LogP contribution < -0.4 is 0 Å². The van der Waals surface area contributed by atoms with Gasteiger partial charge < -0.3 is 4.89 Å². The number of allylic oxidation sites excluding steroid dienone is 4. The lowest BCUT2D eigenvalue weighted by atomic mass is 9.87. The highest BCUT2D eigenvalue weighted by molar-refractivity contribution is 5.84. The molecule has 24 heavy (non-hydrogen) atoms. The van der Waals surface area contributed by atoms with E-state index < -0.39 is 11.6 Å². The number of fused-ring (bicyclic) bond motifs is 1. The molecule has 0 fully saturated rings. The molecule has 1 heterocycles. The van der Waals surface area contributed by atoms with E-state index in [0.29, 0.717) is 29.9 Å². The van der Waals surface area contributed by atoms with Crippen molar-refractivity contribution < 1.29 is 18.6 Å². The van der Waals surface area contributed by atoms with Crippen LogP contribution >= 0.6 is 0 Å². The van der Waals surface area contributed by atoms with Crippen LogP contribution in [0.4, 0.5) is 8.78 Å². The van der Waals surface area contributed by atoms with Gasteiger partial charge in [-0.25, -0.2) is 8.78 Å². The third-order valence-corrected chi connectivity index (χ3v) is 4.17. The number of halogens is 2. The first kappa shape index (κ1) is 14.8. The van der Waals surface area contributed by atoms with Gasteiger partial charge in [-0.2, -0.15) is 4.89 Å². The van der Waals surface area contributed by atoms with Crippen LogP contribution in [-0.4, -0.2) is 6.61 Å². The second-order valence-corrected chi connectivity index (χ2v) is 5.67. The normalized spacial score (nSPS) is 16.5. The van der Waals surface area contributed by atoms with Gasteiger partial charge in [0, 0.05) is 12.0 Å². The Hall–Kier alpha value is -2.72. The zero-order valence-electron chi connectivity index (χ0n) is 12.8. The molecule has 0 unspecified atom stereocenters. The largest absolute Gasteiger partial charge is 0.337 e. The van der Waals surface area contributed by atoms with Gasteiger partial charge in [-0.3, -0.25) is 0 Å². The Kier molecular flexibility index (Phi) is 3.75. The van der Waals surface area contributed by atoms with Gasteiger partial charge in [0.15, 0.2) is 17.4 Å². The second kappa shape index (κ2) is 6.06. The molecular weight excluding hydrogens is 310 g/mol. The van der Waals surface area contributed by atoms with E-state index in [0.717, 1.165) is 16.7 Å². The Morgan fingerprint density at radius 2 is 1.58 bits per heavy atom. The molecule has 0 amide bonds. The topological polar surface area (TPSA) is 18.5 Å². The molecular formula is C20H14F2O2. The Bertz CT molecular complexity index is 880. The molecule has 4 heteroatoms. The molecule has 2 aromatic rings. The molecule has 2 aliphatic rings. The predicted molar refractivity (Wildman–Crippen MR) is 87.6 cm³/mol. The van der Waals surface area contributed by atoms with Gasteiger partial charge in [-0.05, 0) is 46.5 Å². The molecule has 0 N–H and O–H groups in total. The molecule has 2 aromatic carbocycles. The van der Waals surface area contributed by atoms with Crippen molar-refractivity contribution in [1.29, 1.82) is 0 Å². The van der Waals surface area contributed by atoms with Gasteiger partial charge in [0.25, 0.3) is 0 Å². The van der Waals surface area contributed by atoms with E-state index in [1.165, 1.54) is 12.1 Å². The SMILES string of the molecule is Fc1cc(C2=CC=C3OOCC=C3C2)c(-c2ccccc2)cc1F. The minimum atomic E-state index is -0.849. The lowest BCUT2D eigenvalue weighted by Gasteiger charge is -2.22. The summed E-state index contributed by atoms with van der Waals surface area (Å²) in [5, 5.41) is 0. The summed E-state index contributed by atoms with van der Waals surface area (Å²) >= 11 is 0. The zero-order valence-corrected chi connectivity index (χ0v) is 12.8. The smallest absolute Gasteiger partial charge is 0.168 e. The summed E-state index contributed by atoms with van der Waals surface area (Å²) in [5.41, 5.74) is 4.10. The molecule has 1 aliphatic heterocycles. The lowest BCUT2D eigenvalue weighted by molar-refractivity contribution is -0.255. The van der Waals surface area contributed by atoms with Crippen LogP contribution in [0.1, 0.15) is 12.0 Å². The average molecular weight is 324 g/mol. The van der Waals surface area contributed by atoms with E-state index in [2.05, 4.69) is 0 Å². The van der Waals surface area contributed by atoms with E-state index in [9.17, 15) is 8.78 Å². The van der Waals surface area contributed by atoms with Crippen molar-refractivity contribution in [1.82, 2.24) is 0 Å². The van der Waals surface area contributed by atoms with Crippen LogP contribution in [0.15, 0.2) is 72.0 Å². The van der Waals surface area contributed by atoms with Gasteiger partial charge in [-0.1, -0.05) is 36.4 Å². The van der Waals surface area contributed by atoms with Crippen molar-refractivity contribution in [3.05, 3.63) is 89.2 Å². The van der Waals surface area contributed by atoms with Crippen molar-refractivity contribution in [3.63, 3.8) is 0 Å². The zero-order chi connectivity index (χ0) is 16.5. The van der Waals surface area contributed by atoms with Crippen LogP contribution in [-0.2, 0) is 9.78 Å². The number of hydrogen-bond donors (Lipinski definition) is 0. The molecule has 2 nitrogen and oxygen atoms in total. The fraction of sp³-hybridized carbons (Fsp3) is 0.100. The van der Waals surface area contributed by atoms with Crippen molar-refractivity contribution in [3.8, 4) is 11.1 Å². The molecule has 120 valence electrons. The Balaban J connectivity index is 1.85. The Morgan fingerprint density at radius 1 is 0.833 bits per heavy atom. The van der Waals surface area contributed by atoms with Crippen LogP contribution in [0, 0.1) is 11.6 Å². The van der Waals surface area contributed by atoms with Crippen molar-refractivity contribution in [2.45, 2.75) is 6.42 Å². The van der Waals surface area contributed by atoms with E-state index in [4.69, 9.17) is 9.78 Å². The summed E-state index contributed by atoms with van der Waals surface area (Å²) in [6.45, 7) is 0.378.